The number of hydrogen-bond acceptors (Lipinski definition) is 4. The number of hydrogen-bond donors (Lipinski definition) is 1. The van der Waals surface area contributed by atoms with Crippen molar-refractivity contribution in [3.8, 4) is 5.75 Å². The van der Waals surface area contributed by atoms with E-state index in [9.17, 15) is 4.79 Å². The number of carbonyl (C=O) groups excluding carboxylic acids is 1. The molecule has 2 rings (SSSR count). The topological polar surface area (TPSA) is 69.0 Å². The van der Waals surface area contributed by atoms with E-state index in [1.165, 1.54) is 6.33 Å². The highest BCUT2D eigenvalue weighted by molar-refractivity contribution is 6.03. The van der Waals surface area contributed by atoms with Crippen LogP contribution >= 0.6 is 0 Å². The summed E-state index contributed by atoms with van der Waals surface area (Å²) in [7, 11) is 1.76. The minimum Gasteiger partial charge on any atom is -0.494 e. The number of carbonyl (C=O) groups is 1. The first-order valence-corrected chi connectivity index (χ1v) is 5.59. The van der Waals surface area contributed by atoms with Crippen LogP contribution in [0, 0.1) is 0 Å². The summed E-state index contributed by atoms with van der Waals surface area (Å²) in [5, 5.41) is 10.1. The lowest BCUT2D eigenvalue weighted by Crippen LogP contribution is -2.14. The molecule has 0 unspecified atom stereocenters. The number of nitrogens with one attached hydrogen (secondary N) is 1. The van der Waals surface area contributed by atoms with Crippen molar-refractivity contribution in [2.75, 3.05) is 11.9 Å². The second-order valence-electron chi connectivity index (χ2n) is 3.68. The van der Waals surface area contributed by atoms with E-state index in [4.69, 9.17) is 4.74 Å². The average molecular weight is 246 g/mol. The van der Waals surface area contributed by atoms with Crippen LogP contribution in [0.4, 0.5) is 5.95 Å². The van der Waals surface area contributed by atoms with Crippen LogP contribution in [-0.2, 0) is 7.05 Å². The molecular weight excluding hydrogens is 232 g/mol. The maximum atomic E-state index is 11.9. The third-order valence-electron chi connectivity index (χ3n) is 2.36. The van der Waals surface area contributed by atoms with E-state index in [0.717, 1.165) is 5.75 Å². The summed E-state index contributed by atoms with van der Waals surface area (Å²) in [5.74, 6) is 0.927. The molecule has 0 spiro atoms. The predicted octanol–water partition coefficient (Wildman–Crippen LogP) is 1.47. The molecule has 0 saturated heterocycles. The van der Waals surface area contributed by atoms with Crippen LogP contribution in [0.3, 0.4) is 0 Å². The normalized spacial score (nSPS) is 10.1. The van der Waals surface area contributed by atoms with E-state index in [1.807, 2.05) is 6.92 Å². The first-order chi connectivity index (χ1) is 8.70. The van der Waals surface area contributed by atoms with Gasteiger partial charge in [-0.15, -0.1) is 10.2 Å². The number of aryl methyl sites for hydroxylation is 1. The van der Waals surface area contributed by atoms with Gasteiger partial charge in [-0.05, 0) is 31.2 Å². The highest BCUT2D eigenvalue weighted by Gasteiger charge is 2.09. The van der Waals surface area contributed by atoms with Crippen LogP contribution in [0.5, 0.6) is 5.75 Å². The van der Waals surface area contributed by atoms with Crippen LogP contribution in [-0.4, -0.2) is 27.3 Å². The molecule has 6 heteroatoms. The zero-order valence-corrected chi connectivity index (χ0v) is 10.3. The Morgan fingerprint density at radius 2 is 2.11 bits per heavy atom. The smallest absolute Gasteiger partial charge is 0.258 e. The highest BCUT2D eigenvalue weighted by atomic mass is 16.5. The van der Waals surface area contributed by atoms with E-state index < -0.39 is 0 Å². The van der Waals surface area contributed by atoms with Crippen LogP contribution in [0.15, 0.2) is 30.6 Å². The molecule has 1 heterocycles. The number of nitrogens with zero attached hydrogens (tertiary/aromatic N) is 3. The van der Waals surface area contributed by atoms with Gasteiger partial charge in [-0.1, -0.05) is 0 Å². The monoisotopic (exact) mass is 246 g/mol. The van der Waals surface area contributed by atoms with Crippen molar-refractivity contribution < 1.29 is 9.53 Å². The summed E-state index contributed by atoms with van der Waals surface area (Å²) in [6.45, 7) is 2.51. The number of anilines is 1. The fourth-order valence-corrected chi connectivity index (χ4v) is 1.44. The molecule has 6 nitrogen and oxygen atoms in total. The lowest BCUT2D eigenvalue weighted by Gasteiger charge is -2.05. The standard InChI is InChI=1S/C12H14N4O2/c1-3-18-10-6-4-9(5-7-10)11(17)14-12-15-13-8-16(12)2/h4-8H,3H2,1-2H3,(H,14,15,17). The van der Waals surface area contributed by atoms with Gasteiger partial charge in [0.05, 0.1) is 6.61 Å². The fraction of sp³-hybridized carbons (Fsp3) is 0.250. The molecule has 0 aliphatic rings. The molecule has 0 aliphatic heterocycles. The summed E-state index contributed by atoms with van der Waals surface area (Å²) in [4.78, 5) is 11.9. The summed E-state index contributed by atoms with van der Waals surface area (Å²) >= 11 is 0. The van der Waals surface area contributed by atoms with Crippen molar-refractivity contribution in [3.63, 3.8) is 0 Å². The van der Waals surface area contributed by atoms with Crippen molar-refractivity contribution in [3.05, 3.63) is 36.2 Å². The van der Waals surface area contributed by atoms with Gasteiger partial charge in [-0.3, -0.25) is 10.1 Å². The zero-order chi connectivity index (χ0) is 13.0. The van der Waals surface area contributed by atoms with Gasteiger partial charge in [0.1, 0.15) is 12.1 Å². The van der Waals surface area contributed by atoms with Gasteiger partial charge in [0.15, 0.2) is 0 Å². The lowest BCUT2D eigenvalue weighted by molar-refractivity contribution is 0.102. The third kappa shape index (κ3) is 2.65. The van der Waals surface area contributed by atoms with Crippen LogP contribution in [0.1, 0.15) is 17.3 Å². The quantitative estimate of drug-likeness (QED) is 0.886. The predicted molar refractivity (Wildman–Crippen MR) is 66.6 cm³/mol. The maximum absolute atomic E-state index is 11.9. The number of amides is 1. The minimum absolute atomic E-state index is 0.228. The highest BCUT2D eigenvalue weighted by Crippen LogP contribution is 2.13. The summed E-state index contributed by atoms with van der Waals surface area (Å²) in [6.07, 6.45) is 1.52. The number of ether oxygens (including phenoxy) is 1. The molecule has 0 aliphatic carbocycles. The Kier molecular flexibility index (Phi) is 3.57. The molecule has 0 saturated carbocycles. The number of aromatic nitrogens is 3. The molecule has 2 aromatic rings. The molecule has 0 fully saturated rings. The Morgan fingerprint density at radius 1 is 1.39 bits per heavy atom. The van der Waals surface area contributed by atoms with E-state index in [2.05, 4.69) is 15.5 Å². The molecule has 94 valence electrons. The van der Waals surface area contributed by atoms with Gasteiger partial charge >= 0.3 is 0 Å². The Bertz CT molecular complexity index is 533. The summed E-state index contributed by atoms with van der Waals surface area (Å²) in [5.41, 5.74) is 0.543. The lowest BCUT2D eigenvalue weighted by atomic mass is 10.2. The van der Waals surface area contributed by atoms with Crippen LogP contribution in [0.25, 0.3) is 0 Å². The largest absolute Gasteiger partial charge is 0.494 e. The number of rotatable bonds is 4. The Hall–Kier alpha value is -2.37. The van der Waals surface area contributed by atoms with E-state index >= 15 is 0 Å². The third-order valence-corrected chi connectivity index (χ3v) is 2.36. The Morgan fingerprint density at radius 3 is 2.67 bits per heavy atom. The van der Waals surface area contributed by atoms with Gasteiger partial charge < -0.3 is 9.30 Å². The molecule has 0 radical (unpaired) electrons. The van der Waals surface area contributed by atoms with E-state index in [1.54, 1.807) is 35.9 Å². The molecular formula is C12H14N4O2. The van der Waals surface area contributed by atoms with Crippen molar-refractivity contribution in [1.29, 1.82) is 0 Å². The van der Waals surface area contributed by atoms with Crippen LogP contribution < -0.4 is 10.1 Å². The fourth-order valence-electron chi connectivity index (χ4n) is 1.44. The summed E-state index contributed by atoms with van der Waals surface area (Å²) < 4.78 is 6.94. The Balaban J connectivity index is 2.07. The SMILES string of the molecule is CCOc1ccc(C(=O)Nc2nncn2C)cc1. The van der Waals surface area contributed by atoms with Gasteiger partial charge in [0.25, 0.3) is 5.91 Å². The molecule has 18 heavy (non-hydrogen) atoms. The van der Waals surface area contributed by atoms with Gasteiger partial charge in [-0.25, -0.2) is 0 Å². The first kappa shape index (κ1) is 12.1. The average Bonchev–Trinajstić information content (AvgIpc) is 2.76. The second kappa shape index (κ2) is 5.31. The molecule has 0 atom stereocenters. The van der Waals surface area contributed by atoms with Crippen molar-refractivity contribution in [2.24, 2.45) is 7.05 Å². The summed E-state index contributed by atoms with van der Waals surface area (Å²) in [6, 6.07) is 6.93. The molecule has 1 N–H and O–H groups in total. The minimum atomic E-state index is -0.228. The van der Waals surface area contributed by atoms with Gasteiger partial charge in [-0.2, -0.15) is 0 Å². The van der Waals surface area contributed by atoms with Gasteiger partial charge in [0, 0.05) is 12.6 Å². The number of benzene rings is 1. The molecule has 1 aromatic heterocycles. The van der Waals surface area contributed by atoms with Crippen molar-refractivity contribution in [2.45, 2.75) is 6.92 Å². The maximum Gasteiger partial charge on any atom is 0.258 e. The second-order valence-corrected chi connectivity index (χ2v) is 3.68. The van der Waals surface area contributed by atoms with Gasteiger partial charge in [0.2, 0.25) is 5.95 Å². The van der Waals surface area contributed by atoms with Crippen LogP contribution in [0.2, 0.25) is 0 Å². The van der Waals surface area contributed by atoms with Crippen molar-refractivity contribution >= 4 is 11.9 Å². The Labute approximate surface area is 105 Å². The zero-order valence-electron chi connectivity index (χ0n) is 10.3. The van der Waals surface area contributed by atoms with E-state index in [0.29, 0.717) is 18.1 Å². The first-order valence-electron chi connectivity index (χ1n) is 5.59. The molecule has 1 aromatic carbocycles. The molecule has 0 bridgehead atoms. The molecule has 1 amide bonds. The van der Waals surface area contributed by atoms with Crippen molar-refractivity contribution in [1.82, 2.24) is 14.8 Å². The van der Waals surface area contributed by atoms with E-state index in [-0.39, 0.29) is 5.91 Å².